The molecule has 0 saturated heterocycles. The molecular formula is C14H10ClN3O3S2. The molecule has 0 radical (unpaired) electrons. The van der Waals surface area contributed by atoms with E-state index in [0.29, 0.717) is 10.7 Å². The van der Waals surface area contributed by atoms with Gasteiger partial charge in [0.1, 0.15) is 4.90 Å². The lowest BCUT2D eigenvalue weighted by molar-refractivity contribution is 0.102. The first-order valence-corrected chi connectivity index (χ1v) is 9.07. The first-order chi connectivity index (χ1) is 11.0. The summed E-state index contributed by atoms with van der Waals surface area (Å²) in [6.07, 6.45) is 4.17. The molecule has 2 heterocycles. The lowest BCUT2D eigenvalue weighted by atomic mass is 10.4. The van der Waals surface area contributed by atoms with E-state index in [2.05, 4.69) is 10.3 Å². The number of halogens is 1. The summed E-state index contributed by atoms with van der Waals surface area (Å²) in [5.74, 6) is -0.395. The average Bonchev–Trinajstić information content (AvgIpc) is 3.19. The van der Waals surface area contributed by atoms with Gasteiger partial charge in [0, 0.05) is 24.0 Å². The second-order valence-corrected chi connectivity index (χ2v) is 7.57. The monoisotopic (exact) mass is 367 g/mol. The zero-order valence-electron chi connectivity index (χ0n) is 11.5. The Labute approximate surface area is 141 Å². The van der Waals surface area contributed by atoms with Crippen LogP contribution in [0.4, 0.5) is 5.69 Å². The van der Waals surface area contributed by atoms with Crippen LogP contribution in [0.1, 0.15) is 9.80 Å². The van der Waals surface area contributed by atoms with Gasteiger partial charge in [0.2, 0.25) is 0 Å². The molecule has 0 aliphatic carbocycles. The molecule has 6 nitrogen and oxygen atoms in total. The van der Waals surface area contributed by atoms with E-state index in [1.165, 1.54) is 48.1 Å². The number of amides is 1. The zero-order valence-corrected chi connectivity index (χ0v) is 13.9. The SMILES string of the molecule is O=C(Nc1ccn(S(=O)(=O)c2ccccc2Cl)c1)c1nccs1. The third-order valence-electron chi connectivity index (χ3n) is 2.94. The summed E-state index contributed by atoms with van der Waals surface area (Å²) in [6, 6.07) is 7.65. The van der Waals surface area contributed by atoms with Crippen LogP contribution in [0.3, 0.4) is 0 Å². The molecular weight excluding hydrogens is 358 g/mol. The van der Waals surface area contributed by atoms with Crippen molar-refractivity contribution in [3.05, 3.63) is 64.3 Å². The van der Waals surface area contributed by atoms with Gasteiger partial charge in [-0.05, 0) is 18.2 Å². The molecule has 1 amide bonds. The van der Waals surface area contributed by atoms with Crippen molar-refractivity contribution in [1.29, 1.82) is 0 Å². The van der Waals surface area contributed by atoms with Gasteiger partial charge in [-0.3, -0.25) is 4.79 Å². The standard InChI is InChI=1S/C14H10ClN3O3S2/c15-11-3-1-2-4-12(11)23(20,21)18-7-5-10(9-18)17-13(19)14-16-6-8-22-14/h1-9H,(H,17,19). The first kappa shape index (κ1) is 15.7. The largest absolute Gasteiger partial charge is 0.319 e. The Hall–Kier alpha value is -2.16. The number of carbonyl (C=O) groups is 1. The highest BCUT2D eigenvalue weighted by Crippen LogP contribution is 2.24. The minimum Gasteiger partial charge on any atom is -0.319 e. The lowest BCUT2D eigenvalue weighted by Gasteiger charge is -2.07. The minimum absolute atomic E-state index is 0.00457. The van der Waals surface area contributed by atoms with E-state index in [9.17, 15) is 13.2 Å². The van der Waals surface area contributed by atoms with Crippen LogP contribution in [0.25, 0.3) is 0 Å². The molecule has 3 aromatic rings. The van der Waals surface area contributed by atoms with Crippen LogP contribution in [0.5, 0.6) is 0 Å². The number of carbonyl (C=O) groups excluding carboxylic acids is 1. The molecule has 1 aromatic carbocycles. The van der Waals surface area contributed by atoms with Crippen molar-refractivity contribution in [2.75, 3.05) is 5.32 Å². The fourth-order valence-corrected chi connectivity index (χ4v) is 4.11. The fraction of sp³-hybridized carbons (Fsp3) is 0. The number of hydrogen-bond donors (Lipinski definition) is 1. The summed E-state index contributed by atoms with van der Waals surface area (Å²) in [4.78, 5) is 15.8. The molecule has 1 N–H and O–H groups in total. The van der Waals surface area contributed by atoms with Crippen molar-refractivity contribution < 1.29 is 13.2 Å². The highest BCUT2D eigenvalue weighted by Gasteiger charge is 2.20. The Morgan fingerprint density at radius 2 is 2.04 bits per heavy atom. The average molecular weight is 368 g/mol. The Kier molecular flexibility index (Phi) is 4.20. The van der Waals surface area contributed by atoms with Gasteiger partial charge in [-0.2, -0.15) is 0 Å². The van der Waals surface area contributed by atoms with Crippen molar-refractivity contribution in [3.63, 3.8) is 0 Å². The third kappa shape index (κ3) is 3.14. The Balaban J connectivity index is 1.87. The van der Waals surface area contributed by atoms with Gasteiger partial charge in [0.25, 0.3) is 15.9 Å². The number of thiazole rings is 1. The summed E-state index contributed by atoms with van der Waals surface area (Å²) in [5.41, 5.74) is 0.348. The molecule has 23 heavy (non-hydrogen) atoms. The fourth-order valence-electron chi connectivity index (χ4n) is 1.89. The van der Waals surface area contributed by atoms with Crippen LogP contribution in [-0.2, 0) is 10.0 Å². The van der Waals surface area contributed by atoms with Gasteiger partial charge >= 0.3 is 0 Å². The molecule has 0 saturated carbocycles. The van der Waals surface area contributed by atoms with Crippen LogP contribution < -0.4 is 5.32 Å². The van der Waals surface area contributed by atoms with E-state index in [1.54, 1.807) is 17.5 Å². The van der Waals surface area contributed by atoms with Crippen molar-refractivity contribution in [2.24, 2.45) is 0 Å². The highest BCUT2D eigenvalue weighted by atomic mass is 35.5. The topological polar surface area (TPSA) is 81.1 Å². The maximum atomic E-state index is 12.5. The summed E-state index contributed by atoms with van der Waals surface area (Å²) < 4.78 is 26.1. The maximum absolute atomic E-state index is 12.5. The van der Waals surface area contributed by atoms with E-state index in [0.717, 1.165) is 3.97 Å². The van der Waals surface area contributed by atoms with Crippen molar-refractivity contribution in [1.82, 2.24) is 8.96 Å². The smallest absolute Gasteiger partial charge is 0.284 e. The summed E-state index contributed by atoms with van der Waals surface area (Å²) >= 11 is 7.14. The normalized spacial score (nSPS) is 11.3. The van der Waals surface area contributed by atoms with E-state index in [-0.39, 0.29) is 9.92 Å². The van der Waals surface area contributed by atoms with Gasteiger partial charge in [0.15, 0.2) is 5.01 Å². The molecule has 0 unspecified atom stereocenters. The van der Waals surface area contributed by atoms with Gasteiger partial charge < -0.3 is 5.32 Å². The molecule has 3 rings (SSSR count). The number of anilines is 1. The number of rotatable bonds is 4. The van der Waals surface area contributed by atoms with Crippen LogP contribution in [0.15, 0.2) is 59.2 Å². The van der Waals surface area contributed by atoms with Crippen LogP contribution in [0, 0.1) is 0 Å². The van der Waals surface area contributed by atoms with Crippen LogP contribution in [-0.4, -0.2) is 23.3 Å². The first-order valence-electron chi connectivity index (χ1n) is 6.37. The predicted octanol–water partition coefficient (Wildman–Crippen LogP) is 3.09. The Morgan fingerprint density at radius 3 is 2.74 bits per heavy atom. The Bertz CT molecular complexity index is 949. The van der Waals surface area contributed by atoms with Gasteiger partial charge in [-0.15, -0.1) is 11.3 Å². The van der Waals surface area contributed by atoms with E-state index in [1.807, 2.05) is 0 Å². The van der Waals surface area contributed by atoms with E-state index in [4.69, 9.17) is 11.6 Å². The number of nitrogens with zero attached hydrogens (tertiary/aromatic N) is 2. The highest BCUT2D eigenvalue weighted by molar-refractivity contribution is 7.90. The number of nitrogens with one attached hydrogen (secondary N) is 1. The summed E-state index contributed by atoms with van der Waals surface area (Å²) in [6.45, 7) is 0. The molecule has 2 aromatic heterocycles. The molecule has 0 fully saturated rings. The molecule has 0 aliphatic heterocycles. The molecule has 0 spiro atoms. The third-order valence-corrected chi connectivity index (χ3v) is 5.85. The maximum Gasteiger partial charge on any atom is 0.284 e. The van der Waals surface area contributed by atoms with Crippen molar-refractivity contribution >= 4 is 44.6 Å². The van der Waals surface area contributed by atoms with Gasteiger partial charge in [-0.1, -0.05) is 23.7 Å². The number of aromatic nitrogens is 2. The van der Waals surface area contributed by atoms with Crippen LogP contribution in [0.2, 0.25) is 5.02 Å². The zero-order chi connectivity index (χ0) is 16.4. The number of hydrogen-bond acceptors (Lipinski definition) is 5. The number of benzene rings is 1. The molecule has 9 heteroatoms. The van der Waals surface area contributed by atoms with E-state index >= 15 is 0 Å². The minimum atomic E-state index is -3.82. The second-order valence-electron chi connectivity index (χ2n) is 4.46. The second kappa shape index (κ2) is 6.15. The van der Waals surface area contributed by atoms with Crippen LogP contribution >= 0.6 is 22.9 Å². The molecule has 0 bridgehead atoms. The molecule has 0 atom stereocenters. The quantitative estimate of drug-likeness (QED) is 0.768. The van der Waals surface area contributed by atoms with Crippen molar-refractivity contribution in [3.8, 4) is 0 Å². The van der Waals surface area contributed by atoms with Gasteiger partial charge in [0.05, 0.1) is 10.7 Å². The molecule has 0 aliphatic rings. The summed E-state index contributed by atoms with van der Waals surface area (Å²) in [5, 5.41) is 4.71. The Morgan fingerprint density at radius 1 is 1.26 bits per heavy atom. The molecule has 118 valence electrons. The van der Waals surface area contributed by atoms with E-state index < -0.39 is 15.9 Å². The summed E-state index contributed by atoms with van der Waals surface area (Å²) in [7, 11) is -3.82. The predicted molar refractivity (Wildman–Crippen MR) is 88.5 cm³/mol. The lowest BCUT2D eigenvalue weighted by Crippen LogP contribution is -2.13. The van der Waals surface area contributed by atoms with Crippen molar-refractivity contribution in [2.45, 2.75) is 4.90 Å². The van der Waals surface area contributed by atoms with Gasteiger partial charge in [-0.25, -0.2) is 17.4 Å².